The van der Waals surface area contributed by atoms with Crippen LogP contribution in [-0.4, -0.2) is 99.6 Å². The summed E-state index contributed by atoms with van der Waals surface area (Å²) in [6.45, 7) is 4.22. The lowest BCUT2D eigenvalue weighted by Crippen LogP contribution is -2.31. The first-order valence-electron chi connectivity index (χ1n) is 19.8. The Kier molecular flexibility index (Phi) is 32.4. The average molecular weight is 729 g/mol. The Morgan fingerprint density at radius 1 is 0.431 bits per heavy atom. The molecule has 0 atom stereocenters. The maximum Gasteiger partial charge on any atom is 0.246 e. The summed E-state index contributed by atoms with van der Waals surface area (Å²) in [6.07, 6.45) is 19.6. The van der Waals surface area contributed by atoms with E-state index in [1.807, 2.05) is 0 Å². The third-order valence-electron chi connectivity index (χ3n) is 8.80. The van der Waals surface area contributed by atoms with Crippen molar-refractivity contribution in [2.24, 2.45) is 5.73 Å². The van der Waals surface area contributed by atoms with Gasteiger partial charge in [-0.05, 0) is 64.3 Å². The SMILES string of the molecule is CCCCCCCCCCCCCC(=O)N(O)CCCCCNC(=O)CCC(=O)N(O)CCCCCNC(=O)CCC(=O)N(O)CCCCCN. The number of hydroxylamine groups is 6. The molecule has 5 amide bonds. The van der Waals surface area contributed by atoms with E-state index in [1.165, 1.54) is 51.4 Å². The van der Waals surface area contributed by atoms with Crippen LogP contribution in [0.4, 0.5) is 0 Å². The van der Waals surface area contributed by atoms with Gasteiger partial charge in [-0.25, -0.2) is 15.2 Å². The Hall–Kier alpha value is -2.81. The van der Waals surface area contributed by atoms with Gasteiger partial charge < -0.3 is 16.4 Å². The Balaban J connectivity index is 3.72. The number of nitrogens with one attached hydrogen (secondary N) is 2. The number of nitrogens with two attached hydrogens (primary N) is 1. The minimum absolute atomic E-state index is 0.0185. The van der Waals surface area contributed by atoms with Gasteiger partial charge in [-0.15, -0.1) is 0 Å². The molecule has 7 N–H and O–H groups in total. The van der Waals surface area contributed by atoms with Crippen LogP contribution < -0.4 is 16.4 Å². The lowest BCUT2D eigenvalue weighted by molar-refractivity contribution is -0.166. The minimum atomic E-state index is -0.540. The molecular formula is C37H72N6O8. The standard InChI is InChI=1S/C37H72N6O8/c1-2-3-4-5-6-7-8-9-10-11-15-22-35(46)41(49)31-20-13-17-28-39-34(45)24-26-37(48)43(51)32-21-14-18-29-40-33(44)23-25-36(47)42(50)30-19-12-16-27-38/h49-51H,2-32,38H2,1H3,(H,39,45)(H,40,44). The topological polar surface area (TPSA) is 206 Å². The number of hydrogen-bond donors (Lipinski definition) is 6. The number of rotatable bonds is 35. The van der Waals surface area contributed by atoms with Crippen molar-refractivity contribution in [2.75, 3.05) is 39.3 Å². The fourth-order valence-corrected chi connectivity index (χ4v) is 5.48. The van der Waals surface area contributed by atoms with Crippen molar-refractivity contribution in [3.8, 4) is 0 Å². The Morgan fingerprint density at radius 3 is 1.16 bits per heavy atom. The van der Waals surface area contributed by atoms with E-state index in [2.05, 4.69) is 17.6 Å². The van der Waals surface area contributed by atoms with Crippen LogP contribution in [-0.2, 0) is 24.0 Å². The molecule has 14 heteroatoms. The second kappa shape index (κ2) is 34.3. The fourth-order valence-electron chi connectivity index (χ4n) is 5.48. The van der Waals surface area contributed by atoms with Gasteiger partial charge in [-0.1, -0.05) is 77.6 Å². The van der Waals surface area contributed by atoms with Crippen molar-refractivity contribution >= 4 is 29.5 Å². The van der Waals surface area contributed by atoms with Crippen LogP contribution in [0.1, 0.15) is 167 Å². The molecule has 14 nitrogen and oxygen atoms in total. The largest absolute Gasteiger partial charge is 0.356 e. The van der Waals surface area contributed by atoms with Crippen molar-refractivity contribution in [1.29, 1.82) is 0 Å². The summed E-state index contributed by atoms with van der Waals surface area (Å²) in [6, 6.07) is 0. The molecule has 0 aromatic heterocycles. The van der Waals surface area contributed by atoms with Crippen molar-refractivity contribution in [2.45, 2.75) is 167 Å². The summed E-state index contributed by atoms with van der Waals surface area (Å²) < 4.78 is 0. The Morgan fingerprint density at radius 2 is 0.765 bits per heavy atom. The van der Waals surface area contributed by atoms with Crippen LogP contribution in [0, 0.1) is 0 Å². The van der Waals surface area contributed by atoms with Crippen LogP contribution in [0.3, 0.4) is 0 Å². The summed E-state index contributed by atoms with van der Waals surface area (Å²) in [5.74, 6) is -1.85. The van der Waals surface area contributed by atoms with Crippen molar-refractivity contribution < 1.29 is 39.6 Å². The fraction of sp³-hybridized carbons (Fsp3) is 0.865. The van der Waals surface area contributed by atoms with Crippen LogP contribution >= 0.6 is 0 Å². The average Bonchev–Trinajstić information content (AvgIpc) is 3.12. The molecule has 0 bridgehead atoms. The molecule has 0 aromatic carbocycles. The predicted molar refractivity (Wildman–Crippen MR) is 197 cm³/mol. The number of unbranched alkanes of at least 4 members (excludes halogenated alkanes) is 16. The molecule has 298 valence electrons. The lowest BCUT2D eigenvalue weighted by atomic mass is 10.1. The van der Waals surface area contributed by atoms with Crippen molar-refractivity contribution in [3.05, 3.63) is 0 Å². The molecule has 0 spiro atoms. The maximum atomic E-state index is 12.2. The number of amides is 5. The molecule has 0 saturated carbocycles. The summed E-state index contributed by atoms with van der Waals surface area (Å²) in [5, 5.41) is 37.3. The normalized spacial score (nSPS) is 10.9. The van der Waals surface area contributed by atoms with Crippen LogP contribution in [0.2, 0.25) is 0 Å². The van der Waals surface area contributed by atoms with E-state index in [0.717, 1.165) is 43.6 Å². The summed E-state index contributed by atoms with van der Waals surface area (Å²) in [7, 11) is 0. The van der Waals surface area contributed by atoms with E-state index in [4.69, 9.17) is 5.73 Å². The third-order valence-corrected chi connectivity index (χ3v) is 8.80. The van der Waals surface area contributed by atoms with Gasteiger partial charge in [0, 0.05) is 64.8 Å². The van der Waals surface area contributed by atoms with Gasteiger partial charge in [0.1, 0.15) is 0 Å². The zero-order valence-corrected chi connectivity index (χ0v) is 31.7. The number of carbonyl (C=O) groups is 5. The lowest BCUT2D eigenvalue weighted by Gasteiger charge is -2.15. The zero-order chi connectivity index (χ0) is 38.0. The van der Waals surface area contributed by atoms with Gasteiger partial charge >= 0.3 is 0 Å². The highest BCUT2D eigenvalue weighted by Gasteiger charge is 2.15. The molecule has 0 aliphatic rings. The molecule has 0 aliphatic carbocycles. The van der Waals surface area contributed by atoms with Crippen LogP contribution in [0.5, 0.6) is 0 Å². The van der Waals surface area contributed by atoms with E-state index in [0.29, 0.717) is 74.7 Å². The second-order valence-corrected chi connectivity index (χ2v) is 13.5. The second-order valence-electron chi connectivity index (χ2n) is 13.5. The third kappa shape index (κ3) is 30.5. The van der Waals surface area contributed by atoms with E-state index < -0.39 is 11.8 Å². The Bertz CT molecular complexity index is 926. The first-order chi connectivity index (χ1) is 24.6. The molecular weight excluding hydrogens is 656 g/mol. The highest BCUT2D eigenvalue weighted by Crippen LogP contribution is 2.12. The summed E-state index contributed by atoms with van der Waals surface area (Å²) in [4.78, 5) is 60.2. The molecule has 0 saturated heterocycles. The molecule has 0 rings (SSSR count). The first-order valence-corrected chi connectivity index (χ1v) is 19.8. The first kappa shape index (κ1) is 48.2. The molecule has 0 aliphatic heterocycles. The number of carbonyl (C=O) groups excluding carboxylic acids is 5. The van der Waals surface area contributed by atoms with Gasteiger partial charge in [0.15, 0.2) is 0 Å². The maximum absolute atomic E-state index is 12.2. The minimum Gasteiger partial charge on any atom is -0.356 e. The molecule has 0 fully saturated rings. The highest BCUT2D eigenvalue weighted by molar-refractivity contribution is 5.83. The molecule has 0 radical (unpaired) electrons. The van der Waals surface area contributed by atoms with Crippen LogP contribution in [0.15, 0.2) is 0 Å². The smallest absolute Gasteiger partial charge is 0.246 e. The Labute approximate surface area is 307 Å². The number of hydrogen-bond acceptors (Lipinski definition) is 9. The molecule has 0 heterocycles. The summed E-state index contributed by atoms with van der Waals surface area (Å²) in [5.41, 5.74) is 5.42. The van der Waals surface area contributed by atoms with Gasteiger partial charge in [0.2, 0.25) is 29.5 Å². The van der Waals surface area contributed by atoms with Crippen molar-refractivity contribution in [1.82, 2.24) is 25.8 Å². The quantitative estimate of drug-likeness (QED) is 0.0272. The van der Waals surface area contributed by atoms with E-state index in [1.54, 1.807) is 0 Å². The van der Waals surface area contributed by atoms with Crippen molar-refractivity contribution in [3.63, 3.8) is 0 Å². The van der Waals surface area contributed by atoms with Crippen LogP contribution in [0.25, 0.3) is 0 Å². The van der Waals surface area contributed by atoms with Gasteiger partial charge in [-0.3, -0.25) is 39.6 Å². The number of nitrogens with zero attached hydrogens (tertiary/aromatic N) is 3. The predicted octanol–water partition coefficient (Wildman–Crippen LogP) is 5.60. The zero-order valence-electron chi connectivity index (χ0n) is 31.7. The summed E-state index contributed by atoms with van der Waals surface area (Å²) >= 11 is 0. The monoisotopic (exact) mass is 729 g/mol. The van der Waals surface area contributed by atoms with E-state index in [9.17, 15) is 39.6 Å². The molecule has 0 unspecified atom stereocenters. The van der Waals surface area contributed by atoms with E-state index >= 15 is 0 Å². The molecule has 0 aromatic rings. The van der Waals surface area contributed by atoms with Gasteiger partial charge in [-0.2, -0.15) is 0 Å². The van der Waals surface area contributed by atoms with Gasteiger partial charge in [0.05, 0.1) is 0 Å². The van der Waals surface area contributed by atoms with E-state index in [-0.39, 0.29) is 63.0 Å². The molecule has 51 heavy (non-hydrogen) atoms. The van der Waals surface area contributed by atoms with Gasteiger partial charge in [0.25, 0.3) is 0 Å². The highest BCUT2D eigenvalue weighted by atomic mass is 16.5.